The Balaban J connectivity index is 1.62. The van der Waals surface area contributed by atoms with E-state index in [-0.39, 0.29) is 11.5 Å². The Bertz CT molecular complexity index is 918. The molecule has 0 N–H and O–H groups in total. The maximum Gasteiger partial charge on any atom is 0.338 e. The van der Waals surface area contributed by atoms with Crippen LogP contribution in [-0.2, 0) is 21.3 Å². The van der Waals surface area contributed by atoms with Crippen molar-refractivity contribution in [2.24, 2.45) is 0 Å². The number of nitrogens with zero attached hydrogens (tertiary/aromatic N) is 2. The Morgan fingerprint density at radius 1 is 1.04 bits per heavy atom. The summed E-state index contributed by atoms with van der Waals surface area (Å²) in [4.78, 5) is 14.2. The highest BCUT2D eigenvalue weighted by atomic mass is 32.2. The van der Waals surface area contributed by atoms with Gasteiger partial charge in [0.1, 0.15) is 0 Å². The van der Waals surface area contributed by atoms with Crippen molar-refractivity contribution in [3.8, 4) is 0 Å². The topological polar surface area (TPSA) is 66.9 Å². The Hall–Kier alpha value is -2.22. The minimum Gasteiger partial charge on any atom is -0.462 e. The number of piperazine rings is 1. The zero-order valence-corrected chi connectivity index (χ0v) is 17.1. The van der Waals surface area contributed by atoms with Crippen LogP contribution in [-0.4, -0.2) is 56.4 Å². The lowest BCUT2D eigenvalue weighted by Crippen LogP contribution is -2.48. The molecule has 0 spiro atoms. The number of esters is 1. The normalized spacial score (nSPS) is 16.1. The maximum atomic E-state index is 12.9. The van der Waals surface area contributed by atoms with Gasteiger partial charge in [0.05, 0.1) is 17.1 Å². The Labute approximate surface area is 166 Å². The minimum absolute atomic E-state index is 0.202. The van der Waals surface area contributed by atoms with Gasteiger partial charge in [-0.3, -0.25) is 4.90 Å². The highest BCUT2D eigenvalue weighted by Gasteiger charge is 2.28. The van der Waals surface area contributed by atoms with Crippen molar-refractivity contribution < 1.29 is 17.9 Å². The van der Waals surface area contributed by atoms with E-state index in [1.54, 1.807) is 6.92 Å². The van der Waals surface area contributed by atoms with E-state index in [1.165, 1.54) is 39.7 Å². The van der Waals surface area contributed by atoms with Crippen molar-refractivity contribution in [1.29, 1.82) is 0 Å². The average molecular weight is 403 g/mol. The smallest absolute Gasteiger partial charge is 0.338 e. The van der Waals surface area contributed by atoms with Crippen molar-refractivity contribution >= 4 is 16.0 Å². The third kappa shape index (κ3) is 4.79. The van der Waals surface area contributed by atoms with Gasteiger partial charge in [0.25, 0.3) is 0 Å². The van der Waals surface area contributed by atoms with Gasteiger partial charge in [-0.1, -0.05) is 29.8 Å². The Morgan fingerprint density at radius 3 is 2.32 bits per heavy atom. The number of hydrogen-bond donors (Lipinski definition) is 0. The summed E-state index contributed by atoms with van der Waals surface area (Å²) in [5.41, 5.74) is 2.82. The lowest BCUT2D eigenvalue weighted by atomic mass is 10.1. The molecule has 1 fully saturated rings. The van der Waals surface area contributed by atoms with Crippen molar-refractivity contribution in [2.75, 3.05) is 32.8 Å². The monoisotopic (exact) mass is 402 g/mol. The number of sulfonamides is 1. The van der Waals surface area contributed by atoms with E-state index in [2.05, 4.69) is 30.0 Å². The molecule has 0 amide bonds. The van der Waals surface area contributed by atoms with Gasteiger partial charge in [0.15, 0.2) is 0 Å². The molecule has 0 unspecified atom stereocenters. The van der Waals surface area contributed by atoms with Crippen LogP contribution in [0.4, 0.5) is 0 Å². The lowest BCUT2D eigenvalue weighted by Gasteiger charge is -2.34. The summed E-state index contributed by atoms with van der Waals surface area (Å²) in [5, 5.41) is 0. The van der Waals surface area contributed by atoms with E-state index in [1.807, 2.05) is 6.07 Å². The maximum absolute atomic E-state index is 12.9. The zero-order valence-electron chi connectivity index (χ0n) is 16.3. The van der Waals surface area contributed by atoms with Gasteiger partial charge in [0.2, 0.25) is 10.0 Å². The third-order valence-electron chi connectivity index (χ3n) is 4.82. The summed E-state index contributed by atoms with van der Waals surface area (Å²) in [6, 6.07) is 14.3. The first-order valence-electron chi connectivity index (χ1n) is 9.45. The van der Waals surface area contributed by atoms with Crippen molar-refractivity contribution in [3.05, 3.63) is 65.2 Å². The first-order chi connectivity index (χ1) is 13.4. The number of benzene rings is 2. The van der Waals surface area contributed by atoms with Crippen molar-refractivity contribution in [2.45, 2.75) is 25.3 Å². The summed E-state index contributed by atoms with van der Waals surface area (Å²) >= 11 is 0. The first kappa shape index (κ1) is 20.5. The molecule has 1 heterocycles. The van der Waals surface area contributed by atoms with Crippen LogP contribution in [0.15, 0.2) is 53.4 Å². The Kier molecular flexibility index (Phi) is 6.49. The zero-order chi connectivity index (χ0) is 20.1. The molecule has 1 saturated heterocycles. The van der Waals surface area contributed by atoms with E-state index < -0.39 is 16.0 Å². The molecule has 28 heavy (non-hydrogen) atoms. The number of hydrogen-bond acceptors (Lipinski definition) is 5. The molecule has 6 nitrogen and oxygen atoms in total. The highest BCUT2D eigenvalue weighted by Crippen LogP contribution is 2.19. The number of carbonyl (C=O) groups excluding carboxylic acids is 1. The molecule has 1 aliphatic heterocycles. The molecule has 0 bridgehead atoms. The lowest BCUT2D eigenvalue weighted by molar-refractivity contribution is 0.0526. The van der Waals surface area contributed by atoms with Gasteiger partial charge < -0.3 is 4.74 Å². The summed E-state index contributed by atoms with van der Waals surface area (Å²) in [6.45, 7) is 7.19. The summed E-state index contributed by atoms with van der Waals surface area (Å²) in [6.07, 6.45) is 0. The molecule has 7 heteroatoms. The van der Waals surface area contributed by atoms with Gasteiger partial charge in [-0.05, 0) is 43.7 Å². The van der Waals surface area contributed by atoms with E-state index in [9.17, 15) is 13.2 Å². The molecule has 0 atom stereocenters. The quantitative estimate of drug-likeness (QED) is 0.695. The molecule has 150 valence electrons. The Morgan fingerprint density at radius 2 is 1.71 bits per heavy atom. The van der Waals surface area contributed by atoms with Crippen LogP contribution >= 0.6 is 0 Å². The van der Waals surface area contributed by atoms with Gasteiger partial charge in [-0.2, -0.15) is 4.31 Å². The molecule has 2 aromatic carbocycles. The molecular weight excluding hydrogens is 376 g/mol. The van der Waals surface area contributed by atoms with Gasteiger partial charge in [0, 0.05) is 32.7 Å². The van der Waals surface area contributed by atoms with Gasteiger partial charge in [-0.15, -0.1) is 0 Å². The average Bonchev–Trinajstić information content (AvgIpc) is 2.69. The predicted octanol–water partition coefficient (Wildman–Crippen LogP) is 2.68. The predicted molar refractivity (Wildman–Crippen MR) is 108 cm³/mol. The second-order valence-electron chi connectivity index (χ2n) is 6.91. The standard InChI is InChI=1S/C21H26N2O4S/c1-3-27-21(24)19-7-9-20(10-8-19)28(25,26)23-13-11-22(12-14-23)16-18-6-4-5-17(2)15-18/h4-10,15H,3,11-14,16H2,1-2H3. The molecule has 0 aromatic heterocycles. The summed E-state index contributed by atoms with van der Waals surface area (Å²) in [5.74, 6) is -0.448. The van der Waals surface area contributed by atoms with E-state index in [4.69, 9.17) is 4.74 Å². The highest BCUT2D eigenvalue weighted by molar-refractivity contribution is 7.89. The van der Waals surface area contributed by atoms with Crippen molar-refractivity contribution in [1.82, 2.24) is 9.21 Å². The summed E-state index contributed by atoms with van der Waals surface area (Å²) < 4.78 is 32.2. The second kappa shape index (κ2) is 8.86. The molecule has 1 aliphatic rings. The number of ether oxygens (including phenoxy) is 1. The molecule has 0 radical (unpaired) electrons. The largest absolute Gasteiger partial charge is 0.462 e. The fourth-order valence-electron chi connectivity index (χ4n) is 3.32. The van der Waals surface area contributed by atoms with E-state index in [0.29, 0.717) is 31.7 Å². The fourth-order valence-corrected chi connectivity index (χ4v) is 4.75. The van der Waals surface area contributed by atoms with E-state index in [0.717, 1.165) is 6.54 Å². The molecule has 2 aromatic rings. The van der Waals surface area contributed by atoms with Crippen LogP contribution in [0, 0.1) is 6.92 Å². The molecule has 3 rings (SSSR count). The minimum atomic E-state index is -3.57. The van der Waals surface area contributed by atoms with Gasteiger partial charge >= 0.3 is 5.97 Å². The van der Waals surface area contributed by atoms with Gasteiger partial charge in [-0.25, -0.2) is 13.2 Å². The van der Waals surface area contributed by atoms with Crippen LogP contribution < -0.4 is 0 Å². The van der Waals surface area contributed by atoms with Crippen LogP contribution in [0.2, 0.25) is 0 Å². The molecular formula is C21H26N2O4S. The van der Waals surface area contributed by atoms with Crippen molar-refractivity contribution in [3.63, 3.8) is 0 Å². The number of rotatable bonds is 6. The van der Waals surface area contributed by atoms with E-state index >= 15 is 0 Å². The van der Waals surface area contributed by atoms with Crippen LogP contribution in [0.1, 0.15) is 28.4 Å². The second-order valence-corrected chi connectivity index (χ2v) is 8.85. The molecule has 0 aliphatic carbocycles. The number of aryl methyl sites for hydroxylation is 1. The van der Waals surface area contributed by atoms with Crippen LogP contribution in [0.5, 0.6) is 0 Å². The summed E-state index contributed by atoms with van der Waals surface area (Å²) in [7, 11) is -3.57. The SMILES string of the molecule is CCOC(=O)c1ccc(S(=O)(=O)N2CCN(Cc3cccc(C)c3)CC2)cc1. The molecule has 0 saturated carbocycles. The number of carbonyl (C=O) groups is 1. The first-order valence-corrected chi connectivity index (χ1v) is 10.9. The fraction of sp³-hybridized carbons (Fsp3) is 0.381. The third-order valence-corrected chi connectivity index (χ3v) is 6.74. The van der Waals surface area contributed by atoms with Crippen LogP contribution in [0.25, 0.3) is 0 Å². The van der Waals surface area contributed by atoms with Crippen LogP contribution in [0.3, 0.4) is 0 Å².